The third kappa shape index (κ3) is 9.36. The molecule has 0 saturated carbocycles. The summed E-state index contributed by atoms with van der Waals surface area (Å²) in [6.45, 7) is 8.93. The van der Waals surface area contributed by atoms with Gasteiger partial charge in [-0.3, -0.25) is 0 Å². The number of aliphatic imine (C=N–C) groups is 1. The van der Waals surface area contributed by atoms with Gasteiger partial charge in [0.15, 0.2) is 5.96 Å². The van der Waals surface area contributed by atoms with E-state index in [-0.39, 0.29) is 12.3 Å². The van der Waals surface area contributed by atoms with Crippen LogP contribution >= 0.6 is 0 Å². The first kappa shape index (κ1) is 23.3. The lowest BCUT2D eigenvalue weighted by atomic mass is 10.2. The van der Waals surface area contributed by atoms with Crippen molar-refractivity contribution < 1.29 is 17.9 Å². The Morgan fingerprint density at radius 1 is 1.14 bits per heavy atom. The van der Waals surface area contributed by atoms with Crippen molar-refractivity contribution in [3.05, 3.63) is 29.8 Å². The number of para-hydroxylation sites is 1. The molecule has 1 aromatic carbocycles. The summed E-state index contributed by atoms with van der Waals surface area (Å²) in [5, 5.41) is 6.39. The Kier molecular flexibility index (Phi) is 9.53. The lowest BCUT2D eigenvalue weighted by Gasteiger charge is -2.20. The van der Waals surface area contributed by atoms with Crippen LogP contribution in [0.25, 0.3) is 0 Å². The summed E-state index contributed by atoms with van der Waals surface area (Å²) >= 11 is 0. The molecule has 2 rings (SSSR count). The number of alkyl halides is 3. The van der Waals surface area contributed by atoms with Gasteiger partial charge in [0.1, 0.15) is 5.75 Å². The number of rotatable bonds is 8. The minimum absolute atomic E-state index is 0.0973. The largest absolute Gasteiger partial charge is 0.573 e. The zero-order valence-corrected chi connectivity index (χ0v) is 17.3. The summed E-state index contributed by atoms with van der Waals surface area (Å²) in [6.07, 6.45) is -2.56. The molecule has 0 amide bonds. The Hall–Kier alpha value is -2.00. The zero-order chi connectivity index (χ0) is 21.1. The van der Waals surface area contributed by atoms with E-state index in [1.54, 1.807) is 12.1 Å². The van der Waals surface area contributed by atoms with Gasteiger partial charge in [0, 0.05) is 31.7 Å². The number of nitrogens with zero attached hydrogens (tertiary/aromatic N) is 3. The summed E-state index contributed by atoms with van der Waals surface area (Å²) in [5.41, 5.74) is 0.385. The number of hydrogen-bond donors (Lipinski definition) is 2. The van der Waals surface area contributed by atoms with Crippen molar-refractivity contribution in [2.75, 3.05) is 52.9 Å². The van der Waals surface area contributed by atoms with Crippen LogP contribution in [0.15, 0.2) is 29.3 Å². The van der Waals surface area contributed by atoms with Crippen molar-refractivity contribution in [3.63, 3.8) is 0 Å². The van der Waals surface area contributed by atoms with Gasteiger partial charge in [-0.05, 0) is 52.5 Å². The molecule has 29 heavy (non-hydrogen) atoms. The quantitative estimate of drug-likeness (QED) is 0.388. The lowest BCUT2D eigenvalue weighted by molar-refractivity contribution is -0.274. The van der Waals surface area contributed by atoms with Crippen molar-refractivity contribution in [1.82, 2.24) is 20.4 Å². The highest BCUT2D eigenvalue weighted by molar-refractivity contribution is 5.79. The predicted octanol–water partition coefficient (Wildman–Crippen LogP) is 2.67. The molecule has 1 fully saturated rings. The molecule has 2 N–H and O–H groups in total. The van der Waals surface area contributed by atoms with E-state index < -0.39 is 6.36 Å². The highest BCUT2D eigenvalue weighted by Crippen LogP contribution is 2.26. The summed E-state index contributed by atoms with van der Waals surface area (Å²) in [4.78, 5) is 9.24. The van der Waals surface area contributed by atoms with Crippen molar-refractivity contribution in [3.8, 4) is 5.75 Å². The van der Waals surface area contributed by atoms with E-state index in [4.69, 9.17) is 0 Å². The maximum absolute atomic E-state index is 12.6. The maximum Gasteiger partial charge on any atom is 0.573 e. The molecule has 164 valence electrons. The fourth-order valence-electron chi connectivity index (χ4n) is 3.20. The lowest BCUT2D eigenvalue weighted by Crippen LogP contribution is -2.39. The highest BCUT2D eigenvalue weighted by atomic mass is 19.4. The van der Waals surface area contributed by atoms with E-state index in [1.807, 2.05) is 6.92 Å². The molecule has 0 radical (unpaired) electrons. The van der Waals surface area contributed by atoms with Crippen molar-refractivity contribution >= 4 is 5.96 Å². The van der Waals surface area contributed by atoms with Crippen molar-refractivity contribution in [1.29, 1.82) is 0 Å². The first-order valence-electron chi connectivity index (χ1n) is 10.1. The number of benzene rings is 1. The van der Waals surface area contributed by atoms with Crippen LogP contribution in [0.1, 0.15) is 25.3 Å². The van der Waals surface area contributed by atoms with E-state index in [0.717, 1.165) is 45.7 Å². The number of nitrogens with one attached hydrogen (secondary N) is 2. The second-order valence-electron chi connectivity index (χ2n) is 7.13. The molecule has 9 heteroatoms. The molecule has 1 saturated heterocycles. The number of likely N-dealkylation sites (N-methyl/N-ethyl adjacent to an activating group) is 1. The van der Waals surface area contributed by atoms with E-state index in [9.17, 15) is 13.2 Å². The minimum Gasteiger partial charge on any atom is -0.405 e. The zero-order valence-electron chi connectivity index (χ0n) is 17.3. The topological polar surface area (TPSA) is 52.1 Å². The van der Waals surface area contributed by atoms with Crippen LogP contribution in [-0.4, -0.2) is 75.0 Å². The van der Waals surface area contributed by atoms with Crippen LogP contribution in [0.2, 0.25) is 0 Å². The molecular weight excluding hydrogens is 383 g/mol. The van der Waals surface area contributed by atoms with E-state index in [1.165, 1.54) is 18.6 Å². The van der Waals surface area contributed by atoms with Gasteiger partial charge >= 0.3 is 6.36 Å². The molecule has 0 atom stereocenters. The predicted molar refractivity (Wildman–Crippen MR) is 109 cm³/mol. The van der Waals surface area contributed by atoms with Gasteiger partial charge in [-0.25, -0.2) is 4.99 Å². The average molecular weight is 416 g/mol. The van der Waals surface area contributed by atoms with Gasteiger partial charge in [0.25, 0.3) is 0 Å². The SMILES string of the molecule is CCNC(=NCc1ccccc1OC(F)(F)F)NCCCN1CCCN(C)CC1. The van der Waals surface area contributed by atoms with Gasteiger partial charge in [-0.1, -0.05) is 18.2 Å². The average Bonchev–Trinajstić information content (AvgIpc) is 2.87. The Bertz CT molecular complexity index is 639. The second-order valence-corrected chi connectivity index (χ2v) is 7.13. The molecule has 0 unspecified atom stereocenters. The van der Waals surface area contributed by atoms with Gasteiger partial charge in [0.2, 0.25) is 0 Å². The Morgan fingerprint density at radius 3 is 2.69 bits per heavy atom. The van der Waals surface area contributed by atoms with Gasteiger partial charge in [-0.2, -0.15) is 0 Å². The molecule has 0 bridgehead atoms. The fourth-order valence-corrected chi connectivity index (χ4v) is 3.20. The standard InChI is InChI=1S/C20H32F3N5O/c1-3-24-19(25-10-6-12-28-13-7-11-27(2)14-15-28)26-16-17-8-4-5-9-18(17)29-20(21,22)23/h4-5,8-9H,3,6-7,10-16H2,1-2H3,(H2,24,25,26). The maximum atomic E-state index is 12.6. The fraction of sp³-hybridized carbons (Fsp3) is 0.650. The molecule has 1 heterocycles. The summed E-state index contributed by atoms with van der Waals surface area (Å²) in [7, 11) is 2.15. The van der Waals surface area contributed by atoms with Gasteiger partial charge in [0.05, 0.1) is 6.54 Å². The van der Waals surface area contributed by atoms with Crippen molar-refractivity contribution in [2.24, 2.45) is 4.99 Å². The summed E-state index contributed by atoms with van der Waals surface area (Å²) in [5.74, 6) is 0.371. The molecule has 0 aromatic heterocycles. The number of guanidine groups is 1. The van der Waals surface area contributed by atoms with Crippen LogP contribution < -0.4 is 15.4 Å². The summed E-state index contributed by atoms with van der Waals surface area (Å²) < 4.78 is 41.8. The molecule has 6 nitrogen and oxygen atoms in total. The molecule has 0 spiro atoms. The van der Waals surface area contributed by atoms with Crippen molar-refractivity contribution in [2.45, 2.75) is 32.7 Å². The first-order chi connectivity index (χ1) is 13.9. The van der Waals surface area contributed by atoms with Crippen LogP contribution in [-0.2, 0) is 6.54 Å². The number of halogens is 3. The van der Waals surface area contributed by atoms with E-state index in [2.05, 4.69) is 37.2 Å². The van der Waals surface area contributed by atoms with E-state index in [0.29, 0.717) is 18.1 Å². The second kappa shape index (κ2) is 11.9. The smallest absolute Gasteiger partial charge is 0.405 e. The summed E-state index contributed by atoms with van der Waals surface area (Å²) in [6, 6.07) is 6.08. The van der Waals surface area contributed by atoms with Crippen LogP contribution in [0.3, 0.4) is 0 Å². The van der Waals surface area contributed by atoms with Crippen LogP contribution in [0.5, 0.6) is 5.75 Å². The third-order valence-corrected chi connectivity index (χ3v) is 4.71. The Morgan fingerprint density at radius 2 is 1.93 bits per heavy atom. The Balaban J connectivity index is 1.84. The van der Waals surface area contributed by atoms with Gasteiger partial charge < -0.3 is 25.2 Å². The third-order valence-electron chi connectivity index (χ3n) is 4.71. The normalized spacial score (nSPS) is 17.1. The van der Waals surface area contributed by atoms with E-state index >= 15 is 0 Å². The van der Waals surface area contributed by atoms with Crippen LogP contribution in [0.4, 0.5) is 13.2 Å². The first-order valence-corrected chi connectivity index (χ1v) is 10.1. The molecule has 1 aliphatic rings. The Labute approximate surface area is 171 Å². The molecule has 0 aliphatic carbocycles. The molecular formula is C20H32F3N5O. The molecule has 1 aliphatic heterocycles. The highest BCUT2D eigenvalue weighted by Gasteiger charge is 2.31. The number of ether oxygens (including phenoxy) is 1. The van der Waals surface area contributed by atoms with Gasteiger partial charge in [-0.15, -0.1) is 13.2 Å². The van der Waals surface area contributed by atoms with Crippen LogP contribution in [0, 0.1) is 0 Å². The number of hydrogen-bond acceptors (Lipinski definition) is 4. The monoisotopic (exact) mass is 415 g/mol. The molecule has 1 aromatic rings. The minimum atomic E-state index is -4.72.